The highest BCUT2D eigenvalue weighted by Crippen LogP contribution is 2.36. The first-order valence-corrected chi connectivity index (χ1v) is 10.5. The van der Waals surface area contributed by atoms with E-state index in [1.54, 1.807) is 12.0 Å². The number of hydrogen-bond donors (Lipinski definition) is 1. The Balaban J connectivity index is 1.62. The van der Waals surface area contributed by atoms with E-state index in [2.05, 4.69) is 10.5 Å². The lowest BCUT2D eigenvalue weighted by molar-refractivity contribution is -0.117. The number of nitrogens with zero attached hydrogens (tertiary/aromatic N) is 3. The minimum Gasteiger partial charge on any atom is -0.496 e. The number of carbonyl (C=O) groups excluding carboxylic acids is 2. The van der Waals surface area contributed by atoms with Gasteiger partial charge in [0.1, 0.15) is 22.4 Å². The van der Waals surface area contributed by atoms with Crippen LogP contribution in [0.2, 0.25) is 0 Å². The van der Waals surface area contributed by atoms with Crippen LogP contribution < -0.4 is 15.1 Å². The van der Waals surface area contributed by atoms with Crippen molar-refractivity contribution in [3.05, 3.63) is 82.9 Å². The third-order valence-corrected chi connectivity index (χ3v) is 5.85. The van der Waals surface area contributed by atoms with Gasteiger partial charge in [-0.05, 0) is 40.7 Å². The predicted molar refractivity (Wildman–Crippen MR) is 125 cm³/mol. The molecule has 0 radical (unpaired) electrons. The van der Waals surface area contributed by atoms with Crippen molar-refractivity contribution in [1.82, 2.24) is 5.43 Å². The zero-order valence-corrected chi connectivity index (χ0v) is 17.9. The Hall–Kier alpha value is -4.09. The summed E-state index contributed by atoms with van der Waals surface area (Å²) >= 11 is 0.879. The fourth-order valence-electron chi connectivity index (χ4n) is 3.39. The molecule has 0 unspecified atom stereocenters. The summed E-state index contributed by atoms with van der Waals surface area (Å²) in [6.45, 7) is 0.0823. The van der Waals surface area contributed by atoms with Gasteiger partial charge in [-0.3, -0.25) is 9.59 Å². The molecule has 0 atom stereocenters. The van der Waals surface area contributed by atoms with E-state index in [1.807, 2.05) is 72.8 Å². The summed E-state index contributed by atoms with van der Waals surface area (Å²) in [4.78, 5) is 26.5. The Morgan fingerprint density at radius 2 is 1.91 bits per heavy atom. The lowest BCUT2D eigenvalue weighted by atomic mass is 10.0. The standard InChI is InChI=1S/C24H18N4O3S/c1-31-21-12-11-16-7-5-6-10-18(16)20(21)14-26-27-23(30)19(13-25)24-28(15-22(29)32-24)17-8-3-2-4-9-17/h2-12,14H,15H2,1H3,(H,27,30)/b24-19-,26-14+. The highest BCUT2D eigenvalue weighted by molar-refractivity contribution is 8.17. The molecule has 0 aromatic heterocycles. The van der Waals surface area contributed by atoms with Crippen LogP contribution in [-0.2, 0) is 9.59 Å². The molecule has 1 fully saturated rings. The maximum atomic E-state index is 12.8. The number of anilines is 1. The second-order valence-corrected chi connectivity index (χ2v) is 7.84. The van der Waals surface area contributed by atoms with Gasteiger partial charge < -0.3 is 9.64 Å². The van der Waals surface area contributed by atoms with Crippen molar-refractivity contribution < 1.29 is 14.3 Å². The van der Waals surface area contributed by atoms with E-state index in [0.717, 1.165) is 28.2 Å². The molecule has 7 nitrogen and oxygen atoms in total. The number of carbonyl (C=O) groups is 2. The van der Waals surface area contributed by atoms with E-state index >= 15 is 0 Å². The van der Waals surface area contributed by atoms with Gasteiger partial charge in [-0.25, -0.2) is 5.43 Å². The average Bonchev–Trinajstić information content (AvgIpc) is 3.21. The second-order valence-electron chi connectivity index (χ2n) is 6.79. The van der Waals surface area contributed by atoms with E-state index in [4.69, 9.17) is 4.74 Å². The zero-order valence-electron chi connectivity index (χ0n) is 17.1. The van der Waals surface area contributed by atoms with Crippen molar-refractivity contribution in [3.63, 3.8) is 0 Å². The minimum absolute atomic E-state index is 0.0823. The summed E-state index contributed by atoms with van der Waals surface area (Å²) in [6.07, 6.45) is 1.49. The first kappa shape index (κ1) is 21.2. The normalized spacial score (nSPS) is 15.1. The van der Waals surface area contributed by atoms with Crippen molar-refractivity contribution in [2.24, 2.45) is 5.10 Å². The number of ether oxygens (including phenoxy) is 1. The second kappa shape index (κ2) is 9.37. The third kappa shape index (κ3) is 4.19. The van der Waals surface area contributed by atoms with Gasteiger partial charge in [0, 0.05) is 11.3 Å². The monoisotopic (exact) mass is 442 g/mol. The molecule has 32 heavy (non-hydrogen) atoms. The largest absolute Gasteiger partial charge is 0.496 e. The smallest absolute Gasteiger partial charge is 0.284 e. The molecular weight excluding hydrogens is 424 g/mol. The van der Waals surface area contributed by atoms with Gasteiger partial charge in [0.25, 0.3) is 5.91 Å². The zero-order chi connectivity index (χ0) is 22.5. The Kier molecular flexibility index (Phi) is 6.19. The maximum absolute atomic E-state index is 12.8. The van der Waals surface area contributed by atoms with Gasteiger partial charge in [-0.1, -0.05) is 48.5 Å². The lowest BCUT2D eigenvalue weighted by Gasteiger charge is -2.18. The number of hydrogen-bond acceptors (Lipinski definition) is 7. The molecule has 4 rings (SSSR count). The Bertz CT molecular complexity index is 1300. The van der Waals surface area contributed by atoms with Gasteiger partial charge in [0.05, 0.1) is 19.9 Å². The van der Waals surface area contributed by atoms with Crippen molar-refractivity contribution in [2.45, 2.75) is 0 Å². The Morgan fingerprint density at radius 1 is 1.16 bits per heavy atom. The first-order chi connectivity index (χ1) is 15.6. The molecule has 0 aliphatic carbocycles. The van der Waals surface area contributed by atoms with Crippen LogP contribution in [0.15, 0.2) is 82.4 Å². The topological polar surface area (TPSA) is 94.8 Å². The summed E-state index contributed by atoms with van der Waals surface area (Å²) in [5.74, 6) is -0.0890. The number of nitrogens with one attached hydrogen (secondary N) is 1. The molecule has 1 amide bonds. The SMILES string of the molecule is COc1ccc2ccccc2c1/C=N/NC(=O)/C(C#N)=C1\SC(=O)CN1c1ccccc1. The Morgan fingerprint density at radius 3 is 2.66 bits per heavy atom. The first-order valence-electron chi connectivity index (χ1n) is 9.69. The van der Waals surface area contributed by atoms with Gasteiger partial charge in [0.15, 0.2) is 0 Å². The molecular formula is C24H18N4O3S. The molecule has 1 N–H and O–H groups in total. The third-order valence-electron chi connectivity index (χ3n) is 4.87. The average molecular weight is 443 g/mol. The highest BCUT2D eigenvalue weighted by atomic mass is 32.2. The summed E-state index contributed by atoms with van der Waals surface area (Å²) < 4.78 is 5.42. The number of para-hydroxylation sites is 1. The van der Waals surface area contributed by atoms with Gasteiger partial charge in [-0.15, -0.1) is 0 Å². The number of amides is 1. The molecule has 1 aliphatic heterocycles. The predicted octanol–water partition coefficient (Wildman–Crippen LogP) is 3.81. The number of methoxy groups -OCH3 is 1. The summed E-state index contributed by atoms with van der Waals surface area (Å²) in [7, 11) is 1.56. The van der Waals surface area contributed by atoms with Crippen LogP contribution in [0.3, 0.4) is 0 Å². The number of rotatable bonds is 5. The molecule has 1 heterocycles. The van der Waals surface area contributed by atoms with Crippen molar-refractivity contribution in [1.29, 1.82) is 5.26 Å². The van der Waals surface area contributed by atoms with Crippen LogP contribution in [0.5, 0.6) is 5.75 Å². The molecule has 0 bridgehead atoms. The highest BCUT2D eigenvalue weighted by Gasteiger charge is 2.32. The van der Waals surface area contributed by atoms with Crippen LogP contribution >= 0.6 is 11.8 Å². The lowest BCUT2D eigenvalue weighted by Crippen LogP contribution is -2.25. The van der Waals surface area contributed by atoms with Crippen LogP contribution in [0.4, 0.5) is 5.69 Å². The van der Waals surface area contributed by atoms with E-state index in [-0.39, 0.29) is 17.2 Å². The number of fused-ring (bicyclic) bond motifs is 1. The van der Waals surface area contributed by atoms with Crippen molar-refractivity contribution in [2.75, 3.05) is 18.6 Å². The molecule has 3 aromatic rings. The molecule has 0 spiro atoms. The van der Waals surface area contributed by atoms with Crippen LogP contribution in [0.25, 0.3) is 10.8 Å². The Labute approximate surface area is 189 Å². The number of nitriles is 1. The summed E-state index contributed by atoms with van der Waals surface area (Å²) in [6, 6.07) is 22.6. The summed E-state index contributed by atoms with van der Waals surface area (Å²) in [5.41, 5.74) is 3.66. The fraction of sp³-hybridized carbons (Fsp3) is 0.0833. The molecule has 1 saturated heterocycles. The molecule has 8 heteroatoms. The number of thioether (sulfide) groups is 1. The number of hydrazone groups is 1. The fourth-order valence-corrected chi connectivity index (χ4v) is 4.32. The molecule has 1 aliphatic rings. The molecule has 3 aromatic carbocycles. The van der Waals surface area contributed by atoms with Gasteiger partial charge >= 0.3 is 0 Å². The molecule has 158 valence electrons. The maximum Gasteiger partial charge on any atom is 0.284 e. The van der Waals surface area contributed by atoms with Crippen molar-refractivity contribution in [3.8, 4) is 11.8 Å². The van der Waals surface area contributed by atoms with Crippen LogP contribution in [0, 0.1) is 11.3 Å². The van der Waals surface area contributed by atoms with Crippen molar-refractivity contribution >= 4 is 45.5 Å². The van der Waals surface area contributed by atoms with Crippen LogP contribution in [0.1, 0.15) is 5.56 Å². The quantitative estimate of drug-likeness (QED) is 0.279. The van der Waals surface area contributed by atoms with E-state index in [0.29, 0.717) is 16.3 Å². The van der Waals surface area contributed by atoms with Gasteiger partial charge in [0.2, 0.25) is 5.12 Å². The summed E-state index contributed by atoms with van der Waals surface area (Å²) in [5, 5.41) is 15.8. The van der Waals surface area contributed by atoms with E-state index in [1.165, 1.54) is 6.21 Å². The van der Waals surface area contributed by atoms with Crippen LogP contribution in [-0.4, -0.2) is 30.9 Å². The molecule has 0 saturated carbocycles. The van der Waals surface area contributed by atoms with E-state index in [9.17, 15) is 14.9 Å². The van der Waals surface area contributed by atoms with E-state index < -0.39 is 5.91 Å². The number of benzene rings is 3. The minimum atomic E-state index is -0.693. The van der Waals surface area contributed by atoms with Gasteiger partial charge in [-0.2, -0.15) is 10.4 Å².